The van der Waals surface area contributed by atoms with Gasteiger partial charge in [0, 0.05) is 18.7 Å². The van der Waals surface area contributed by atoms with Gasteiger partial charge in [-0.05, 0) is 56.5 Å². The molecule has 144 valence electrons. The van der Waals surface area contributed by atoms with Crippen molar-refractivity contribution in [2.24, 2.45) is 0 Å². The van der Waals surface area contributed by atoms with Crippen molar-refractivity contribution in [2.45, 2.75) is 50.5 Å². The van der Waals surface area contributed by atoms with Crippen LogP contribution in [0.3, 0.4) is 0 Å². The SMILES string of the molecule is Cc1ccc(S(=O)(=O)N(C)c2cc(C(=O)NC3CCCC3)ccc2C)cc1. The molecular formula is C21H26N2O3S. The van der Waals surface area contributed by atoms with Crippen molar-refractivity contribution in [3.63, 3.8) is 0 Å². The van der Waals surface area contributed by atoms with E-state index in [-0.39, 0.29) is 16.8 Å². The van der Waals surface area contributed by atoms with E-state index in [1.165, 1.54) is 11.4 Å². The second-order valence-electron chi connectivity index (χ2n) is 7.24. The number of benzene rings is 2. The Morgan fingerprint density at radius 3 is 2.30 bits per heavy atom. The van der Waals surface area contributed by atoms with Crippen LogP contribution in [0, 0.1) is 13.8 Å². The molecule has 6 heteroatoms. The summed E-state index contributed by atoms with van der Waals surface area (Å²) in [6.07, 6.45) is 4.29. The molecule has 3 rings (SSSR count). The average molecular weight is 387 g/mol. The molecule has 1 N–H and O–H groups in total. The number of hydrogen-bond donors (Lipinski definition) is 1. The lowest BCUT2D eigenvalue weighted by Crippen LogP contribution is -2.33. The zero-order valence-electron chi connectivity index (χ0n) is 16.0. The van der Waals surface area contributed by atoms with E-state index in [0.717, 1.165) is 36.8 Å². The van der Waals surface area contributed by atoms with Gasteiger partial charge in [0.2, 0.25) is 0 Å². The molecule has 1 aliphatic carbocycles. The van der Waals surface area contributed by atoms with Gasteiger partial charge in [-0.1, -0.05) is 36.6 Å². The van der Waals surface area contributed by atoms with Crippen molar-refractivity contribution in [3.8, 4) is 0 Å². The standard InChI is InChI=1S/C21H26N2O3S/c1-15-8-12-19(13-9-15)27(25,26)23(3)20-14-17(11-10-16(20)2)21(24)22-18-6-4-5-7-18/h8-14,18H,4-7H2,1-3H3,(H,22,24). The highest BCUT2D eigenvalue weighted by atomic mass is 32.2. The van der Waals surface area contributed by atoms with Gasteiger partial charge in [-0.3, -0.25) is 9.10 Å². The molecule has 0 radical (unpaired) electrons. The number of aryl methyl sites for hydroxylation is 2. The summed E-state index contributed by atoms with van der Waals surface area (Å²) >= 11 is 0. The number of anilines is 1. The van der Waals surface area contributed by atoms with Gasteiger partial charge >= 0.3 is 0 Å². The minimum atomic E-state index is -3.69. The van der Waals surface area contributed by atoms with Crippen LogP contribution in [-0.2, 0) is 10.0 Å². The molecule has 0 spiro atoms. The average Bonchev–Trinajstić information content (AvgIpc) is 3.14. The van der Waals surface area contributed by atoms with E-state index >= 15 is 0 Å². The molecule has 0 aliphatic heterocycles. The maximum atomic E-state index is 13.0. The molecule has 0 saturated heterocycles. The number of carbonyl (C=O) groups is 1. The van der Waals surface area contributed by atoms with Gasteiger partial charge in [-0.25, -0.2) is 8.42 Å². The van der Waals surface area contributed by atoms with Crippen LogP contribution in [0.1, 0.15) is 47.2 Å². The zero-order chi connectivity index (χ0) is 19.6. The van der Waals surface area contributed by atoms with Crippen molar-refractivity contribution in [1.82, 2.24) is 5.32 Å². The van der Waals surface area contributed by atoms with Gasteiger partial charge in [0.25, 0.3) is 15.9 Å². The molecule has 0 heterocycles. The second kappa shape index (κ2) is 7.72. The lowest BCUT2D eigenvalue weighted by Gasteiger charge is -2.22. The first-order valence-corrected chi connectivity index (χ1v) is 10.7. The summed E-state index contributed by atoms with van der Waals surface area (Å²) in [5, 5.41) is 3.05. The molecule has 0 unspecified atom stereocenters. The smallest absolute Gasteiger partial charge is 0.264 e. The Balaban J connectivity index is 1.88. The molecule has 1 aliphatic rings. The Bertz CT molecular complexity index is 930. The van der Waals surface area contributed by atoms with E-state index in [4.69, 9.17) is 0 Å². The Morgan fingerprint density at radius 1 is 1.04 bits per heavy atom. The van der Waals surface area contributed by atoms with Crippen molar-refractivity contribution in [3.05, 3.63) is 59.2 Å². The fraction of sp³-hybridized carbons (Fsp3) is 0.381. The van der Waals surface area contributed by atoms with Crippen LogP contribution in [0.2, 0.25) is 0 Å². The molecular weight excluding hydrogens is 360 g/mol. The first kappa shape index (κ1) is 19.4. The van der Waals surface area contributed by atoms with Crippen LogP contribution in [0.4, 0.5) is 5.69 Å². The van der Waals surface area contributed by atoms with Crippen molar-refractivity contribution in [2.75, 3.05) is 11.4 Å². The third-order valence-electron chi connectivity index (χ3n) is 5.18. The van der Waals surface area contributed by atoms with Crippen molar-refractivity contribution >= 4 is 21.6 Å². The van der Waals surface area contributed by atoms with E-state index in [2.05, 4.69) is 5.32 Å². The fourth-order valence-corrected chi connectivity index (χ4v) is 4.68. The lowest BCUT2D eigenvalue weighted by atomic mass is 10.1. The van der Waals surface area contributed by atoms with Crippen LogP contribution >= 0.6 is 0 Å². The second-order valence-corrected chi connectivity index (χ2v) is 9.21. The molecule has 1 fully saturated rings. The van der Waals surface area contributed by atoms with E-state index in [1.54, 1.807) is 42.5 Å². The topological polar surface area (TPSA) is 66.5 Å². The summed E-state index contributed by atoms with van der Waals surface area (Å²) in [5.74, 6) is -0.149. The van der Waals surface area contributed by atoms with Crippen LogP contribution in [0.5, 0.6) is 0 Å². The quantitative estimate of drug-likeness (QED) is 0.850. The van der Waals surface area contributed by atoms with Crippen molar-refractivity contribution in [1.29, 1.82) is 0 Å². The monoisotopic (exact) mass is 386 g/mol. The number of hydrogen-bond acceptors (Lipinski definition) is 3. The van der Waals surface area contributed by atoms with Crippen LogP contribution in [0.25, 0.3) is 0 Å². The number of carbonyl (C=O) groups excluding carboxylic acids is 1. The third kappa shape index (κ3) is 4.16. The van der Waals surface area contributed by atoms with Crippen LogP contribution in [0.15, 0.2) is 47.4 Å². The Labute approximate surface area is 161 Å². The van der Waals surface area contributed by atoms with E-state index in [0.29, 0.717) is 11.3 Å². The molecule has 0 atom stereocenters. The molecule has 0 bridgehead atoms. The Hall–Kier alpha value is -2.34. The van der Waals surface area contributed by atoms with Gasteiger partial charge in [-0.2, -0.15) is 0 Å². The number of amides is 1. The summed E-state index contributed by atoms with van der Waals surface area (Å²) in [4.78, 5) is 12.8. The molecule has 2 aromatic carbocycles. The third-order valence-corrected chi connectivity index (χ3v) is 6.97. The fourth-order valence-electron chi connectivity index (χ4n) is 3.43. The number of sulfonamides is 1. The number of rotatable bonds is 5. The predicted molar refractivity (Wildman–Crippen MR) is 108 cm³/mol. The van der Waals surface area contributed by atoms with E-state index < -0.39 is 10.0 Å². The minimum absolute atomic E-state index is 0.149. The molecule has 0 aromatic heterocycles. The highest BCUT2D eigenvalue weighted by Gasteiger charge is 2.24. The van der Waals surface area contributed by atoms with Gasteiger partial charge < -0.3 is 5.32 Å². The van der Waals surface area contributed by atoms with Gasteiger partial charge in [0.15, 0.2) is 0 Å². The normalized spacial score (nSPS) is 14.9. The first-order chi connectivity index (χ1) is 12.8. The molecule has 1 saturated carbocycles. The molecule has 5 nitrogen and oxygen atoms in total. The minimum Gasteiger partial charge on any atom is -0.349 e. The summed E-state index contributed by atoms with van der Waals surface area (Å²) in [7, 11) is -2.17. The van der Waals surface area contributed by atoms with Gasteiger partial charge in [0.05, 0.1) is 10.6 Å². The Kier molecular flexibility index (Phi) is 5.56. The van der Waals surface area contributed by atoms with E-state index in [9.17, 15) is 13.2 Å². The van der Waals surface area contributed by atoms with E-state index in [1.807, 2.05) is 13.8 Å². The summed E-state index contributed by atoms with van der Waals surface area (Å²) in [6.45, 7) is 3.76. The highest BCUT2D eigenvalue weighted by Crippen LogP contribution is 2.27. The zero-order valence-corrected chi connectivity index (χ0v) is 16.8. The van der Waals surface area contributed by atoms with Gasteiger partial charge in [-0.15, -0.1) is 0 Å². The highest BCUT2D eigenvalue weighted by molar-refractivity contribution is 7.92. The predicted octanol–water partition coefficient (Wildman–Crippen LogP) is 3.80. The van der Waals surface area contributed by atoms with Crippen molar-refractivity contribution < 1.29 is 13.2 Å². The first-order valence-electron chi connectivity index (χ1n) is 9.26. The maximum Gasteiger partial charge on any atom is 0.264 e. The molecule has 1 amide bonds. The maximum absolute atomic E-state index is 13.0. The largest absolute Gasteiger partial charge is 0.349 e. The molecule has 2 aromatic rings. The number of nitrogens with zero attached hydrogens (tertiary/aromatic N) is 1. The summed E-state index contributed by atoms with van der Waals surface area (Å²) < 4.78 is 27.2. The van der Waals surface area contributed by atoms with Crippen LogP contribution < -0.4 is 9.62 Å². The van der Waals surface area contributed by atoms with Crippen LogP contribution in [-0.4, -0.2) is 27.4 Å². The summed E-state index contributed by atoms with van der Waals surface area (Å²) in [5.41, 5.74) is 2.78. The molecule has 27 heavy (non-hydrogen) atoms. The summed E-state index contributed by atoms with van der Waals surface area (Å²) in [6, 6.07) is 12.2. The van der Waals surface area contributed by atoms with Gasteiger partial charge in [0.1, 0.15) is 0 Å². The lowest BCUT2D eigenvalue weighted by molar-refractivity contribution is 0.0938. The Morgan fingerprint density at radius 2 is 1.67 bits per heavy atom. The number of nitrogens with one attached hydrogen (secondary N) is 1.